The van der Waals surface area contributed by atoms with Gasteiger partial charge >= 0.3 is 0 Å². The van der Waals surface area contributed by atoms with Crippen LogP contribution in [0.15, 0.2) is 11.4 Å². The first-order chi connectivity index (χ1) is 7.20. The highest BCUT2D eigenvalue weighted by Gasteiger charge is 2.25. The number of likely N-dealkylation sites (N-methyl/N-ethyl adjacent to an activating group) is 1. The molecule has 1 aliphatic rings. The van der Waals surface area contributed by atoms with Gasteiger partial charge in [0, 0.05) is 19.6 Å². The number of amides is 1. The summed E-state index contributed by atoms with van der Waals surface area (Å²) in [5.74, 6) is 0.163. The fourth-order valence-corrected chi connectivity index (χ4v) is 2.79. The molecule has 1 aromatic heterocycles. The second-order valence-electron chi connectivity index (χ2n) is 4.00. The van der Waals surface area contributed by atoms with Gasteiger partial charge in [0.05, 0.1) is 4.88 Å². The van der Waals surface area contributed by atoms with E-state index in [0.717, 1.165) is 30.0 Å². The molecule has 4 heteroatoms. The number of carbonyl (C=O) groups excluding carboxylic acids is 1. The predicted octanol–water partition coefficient (Wildman–Crippen LogP) is 1.49. The summed E-state index contributed by atoms with van der Waals surface area (Å²) in [6.45, 7) is 3.93. The van der Waals surface area contributed by atoms with Gasteiger partial charge in [0.15, 0.2) is 0 Å². The number of rotatable bonds is 2. The third-order valence-electron chi connectivity index (χ3n) is 2.96. The van der Waals surface area contributed by atoms with Crippen molar-refractivity contribution in [3.63, 3.8) is 0 Å². The van der Waals surface area contributed by atoms with Crippen molar-refractivity contribution in [1.82, 2.24) is 10.2 Å². The first kappa shape index (κ1) is 10.6. The number of aryl methyl sites for hydroxylation is 1. The lowest BCUT2D eigenvalue weighted by Crippen LogP contribution is -2.38. The van der Waals surface area contributed by atoms with Crippen molar-refractivity contribution in [2.45, 2.75) is 19.4 Å². The summed E-state index contributed by atoms with van der Waals surface area (Å²) in [7, 11) is 1.90. The molecule has 1 N–H and O–H groups in total. The van der Waals surface area contributed by atoms with Gasteiger partial charge in [0.1, 0.15) is 0 Å². The standard InChI is InChI=1S/C11H16N2OS/c1-8-4-6-15-10(8)11(14)13(2)9-3-5-12-7-9/h4,6,9,12H,3,5,7H2,1-2H3/t9-/m1/s1. The Hall–Kier alpha value is -0.870. The molecule has 2 rings (SSSR count). The Labute approximate surface area is 94.1 Å². The van der Waals surface area contributed by atoms with Gasteiger partial charge in [-0.3, -0.25) is 4.79 Å². The summed E-state index contributed by atoms with van der Waals surface area (Å²) < 4.78 is 0. The summed E-state index contributed by atoms with van der Waals surface area (Å²) in [5.41, 5.74) is 1.09. The average Bonchev–Trinajstić information content (AvgIpc) is 2.85. The minimum atomic E-state index is 0.163. The Morgan fingerprint density at radius 1 is 1.67 bits per heavy atom. The Morgan fingerprint density at radius 2 is 2.47 bits per heavy atom. The van der Waals surface area contributed by atoms with Crippen LogP contribution in [0.3, 0.4) is 0 Å². The van der Waals surface area contributed by atoms with Gasteiger partial charge in [-0.25, -0.2) is 0 Å². The number of hydrogen-bond acceptors (Lipinski definition) is 3. The number of thiophene rings is 1. The molecule has 1 aromatic rings. The quantitative estimate of drug-likeness (QED) is 0.825. The van der Waals surface area contributed by atoms with Crippen LogP contribution in [-0.4, -0.2) is 37.0 Å². The van der Waals surface area contributed by atoms with Crippen molar-refractivity contribution in [2.75, 3.05) is 20.1 Å². The summed E-state index contributed by atoms with van der Waals surface area (Å²) in [4.78, 5) is 14.9. The highest BCUT2D eigenvalue weighted by atomic mass is 32.1. The zero-order chi connectivity index (χ0) is 10.8. The monoisotopic (exact) mass is 224 g/mol. The maximum Gasteiger partial charge on any atom is 0.264 e. The van der Waals surface area contributed by atoms with Crippen LogP contribution in [0.4, 0.5) is 0 Å². The van der Waals surface area contributed by atoms with Crippen LogP contribution in [0.5, 0.6) is 0 Å². The molecule has 1 aliphatic heterocycles. The van der Waals surface area contributed by atoms with E-state index < -0.39 is 0 Å². The van der Waals surface area contributed by atoms with Crippen LogP contribution in [-0.2, 0) is 0 Å². The Kier molecular flexibility index (Phi) is 3.07. The van der Waals surface area contributed by atoms with Crippen LogP contribution in [0.25, 0.3) is 0 Å². The number of nitrogens with zero attached hydrogens (tertiary/aromatic N) is 1. The van der Waals surface area contributed by atoms with Gasteiger partial charge in [-0.15, -0.1) is 11.3 Å². The van der Waals surface area contributed by atoms with E-state index in [2.05, 4.69) is 5.32 Å². The van der Waals surface area contributed by atoms with Crippen LogP contribution < -0.4 is 5.32 Å². The summed E-state index contributed by atoms with van der Waals surface area (Å²) in [6.07, 6.45) is 1.06. The second kappa shape index (κ2) is 4.33. The van der Waals surface area contributed by atoms with E-state index in [0.29, 0.717) is 6.04 Å². The topological polar surface area (TPSA) is 32.3 Å². The molecule has 0 aliphatic carbocycles. The summed E-state index contributed by atoms with van der Waals surface area (Å²) >= 11 is 1.53. The van der Waals surface area contributed by atoms with Crippen molar-refractivity contribution in [1.29, 1.82) is 0 Å². The van der Waals surface area contributed by atoms with Gasteiger partial charge in [-0.1, -0.05) is 0 Å². The highest BCUT2D eigenvalue weighted by Crippen LogP contribution is 2.19. The van der Waals surface area contributed by atoms with Crippen molar-refractivity contribution in [2.24, 2.45) is 0 Å². The Balaban J connectivity index is 2.10. The molecular formula is C11H16N2OS. The van der Waals surface area contributed by atoms with E-state index in [4.69, 9.17) is 0 Å². The molecule has 1 fully saturated rings. The van der Waals surface area contributed by atoms with Crippen LogP contribution in [0.2, 0.25) is 0 Å². The van der Waals surface area contributed by atoms with Crippen molar-refractivity contribution < 1.29 is 4.79 Å². The first-order valence-electron chi connectivity index (χ1n) is 5.22. The number of carbonyl (C=O) groups is 1. The molecule has 1 amide bonds. The molecule has 0 unspecified atom stereocenters. The molecule has 0 saturated carbocycles. The predicted molar refractivity (Wildman–Crippen MR) is 62.4 cm³/mol. The van der Waals surface area contributed by atoms with Crippen LogP contribution in [0, 0.1) is 6.92 Å². The lowest BCUT2D eigenvalue weighted by molar-refractivity contribution is 0.0748. The molecule has 0 aromatic carbocycles. The van der Waals surface area contributed by atoms with Crippen molar-refractivity contribution in [3.05, 3.63) is 21.9 Å². The van der Waals surface area contributed by atoms with Gasteiger partial charge in [0.25, 0.3) is 5.91 Å². The van der Waals surface area contributed by atoms with E-state index in [1.165, 1.54) is 11.3 Å². The zero-order valence-corrected chi connectivity index (χ0v) is 9.93. The molecule has 3 nitrogen and oxygen atoms in total. The van der Waals surface area contributed by atoms with Gasteiger partial charge in [0.2, 0.25) is 0 Å². The Bertz CT molecular complexity index is 355. The normalized spacial score (nSPS) is 20.5. The fourth-order valence-electron chi connectivity index (χ4n) is 1.89. The molecule has 0 spiro atoms. The minimum Gasteiger partial charge on any atom is -0.337 e. The molecular weight excluding hydrogens is 208 g/mol. The van der Waals surface area contributed by atoms with Crippen molar-refractivity contribution >= 4 is 17.2 Å². The molecule has 15 heavy (non-hydrogen) atoms. The van der Waals surface area contributed by atoms with Gasteiger partial charge < -0.3 is 10.2 Å². The highest BCUT2D eigenvalue weighted by molar-refractivity contribution is 7.12. The molecule has 0 bridgehead atoms. The third-order valence-corrected chi connectivity index (χ3v) is 3.96. The molecule has 82 valence electrons. The maximum absolute atomic E-state index is 12.1. The first-order valence-corrected chi connectivity index (χ1v) is 6.10. The van der Waals surface area contributed by atoms with Crippen molar-refractivity contribution in [3.8, 4) is 0 Å². The lowest BCUT2D eigenvalue weighted by Gasteiger charge is -2.23. The van der Waals surface area contributed by atoms with E-state index in [9.17, 15) is 4.79 Å². The van der Waals surface area contributed by atoms with E-state index in [-0.39, 0.29) is 5.91 Å². The van der Waals surface area contributed by atoms with E-state index >= 15 is 0 Å². The van der Waals surface area contributed by atoms with Gasteiger partial charge in [-0.05, 0) is 36.9 Å². The fraction of sp³-hybridized carbons (Fsp3) is 0.545. The molecule has 1 saturated heterocycles. The van der Waals surface area contributed by atoms with E-state index in [1.807, 2.05) is 30.3 Å². The minimum absolute atomic E-state index is 0.163. The lowest BCUT2D eigenvalue weighted by atomic mass is 10.2. The van der Waals surface area contributed by atoms with Crippen LogP contribution in [0.1, 0.15) is 21.7 Å². The second-order valence-corrected chi connectivity index (χ2v) is 4.91. The maximum atomic E-state index is 12.1. The smallest absolute Gasteiger partial charge is 0.264 e. The summed E-state index contributed by atoms with van der Waals surface area (Å²) in [6, 6.07) is 2.36. The summed E-state index contributed by atoms with van der Waals surface area (Å²) in [5, 5.41) is 5.25. The molecule has 2 heterocycles. The average molecular weight is 224 g/mol. The third kappa shape index (κ3) is 2.06. The van der Waals surface area contributed by atoms with Gasteiger partial charge in [-0.2, -0.15) is 0 Å². The van der Waals surface area contributed by atoms with E-state index in [1.54, 1.807) is 0 Å². The Morgan fingerprint density at radius 3 is 3.00 bits per heavy atom. The molecule has 1 atom stereocenters. The van der Waals surface area contributed by atoms with Crippen LogP contribution >= 0.6 is 11.3 Å². The number of hydrogen-bond donors (Lipinski definition) is 1. The largest absolute Gasteiger partial charge is 0.337 e. The SMILES string of the molecule is Cc1ccsc1C(=O)N(C)[C@@H]1CCNC1. The zero-order valence-electron chi connectivity index (χ0n) is 9.12. The number of nitrogens with one attached hydrogen (secondary N) is 1. The molecule has 0 radical (unpaired) electrons.